The van der Waals surface area contributed by atoms with Crippen LogP contribution in [0.25, 0.3) is 0 Å². The van der Waals surface area contributed by atoms with Gasteiger partial charge in [-0.05, 0) is 30.7 Å². The molecule has 1 aliphatic heterocycles. The molecule has 0 amide bonds. The zero-order valence-electron chi connectivity index (χ0n) is 13.4. The largest absolute Gasteiger partial charge is 0.493 e. The molecule has 6 nitrogen and oxygen atoms in total. The first kappa shape index (κ1) is 16.6. The third-order valence-electron chi connectivity index (χ3n) is 3.81. The highest BCUT2D eigenvalue weighted by Crippen LogP contribution is 2.40. The number of benzene rings is 2. The summed E-state index contributed by atoms with van der Waals surface area (Å²) in [6.07, 6.45) is -0.106. The average Bonchev–Trinajstić information content (AvgIpc) is 2.53. The van der Waals surface area contributed by atoms with E-state index in [-0.39, 0.29) is 17.9 Å². The van der Waals surface area contributed by atoms with Crippen molar-refractivity contribution in [2.45, 2.75) is 24.3 Å². The van der Waals surface area contributed by atoms with E-state index in [0.29, 0.717) is 22.8 Å². The smallest absolute Gasteiger partial charge is 0.294 e. The van der Waals surface area contributed by atoms with Gasteiger partial charge in [0.05, 0.1) is 12.0 Å². The van der Waals surface area contributed by atoms with E-state index in [1.807, 2.05) is 6.92 Å². The minimum atomic E-state index is -4.30. The molecule has 2 aromatic rings. The Hall–Kier alpha value is -2.25. The van der Waals surface area contributed by atoms with Gasteiger partial charge in [-0.3, -0.25) is 4.55 Å². The molecule has 0 saturated heterocycles. The lowest BCUT2D eigenvalue weighted by Crippen LogP contribution is -2.31. The summed E-state index contributed by atoms with van der Waals surface area (Å²) in [4.78, 5) is -0.109. The van der Waals surface area contributed by atoms with Crippen LogP contribution >= 0.6 is 0 Å². The second-order valence-electron chi connectivity index (χ2n) is 5.63. The number of para-hydroxylation sites is 1. The number of fused-ring (bicyclic) bond motifs is 1. The van der Waals surface area contributed by atoms with E-state index in [9.17, 15) is 13.0 Å². The minimum absolute atomic E-state index is 0.109. The molecule has 1 unspecified atom stereocenters. The van der Waals surface area contributed by atoms with E-state index < -0.39 is 16.2 Å². The summed E-state index contributed by atoms with van der Waals surface area (Å²) in [5.41, 5.74) is 1.39. The van der Waals surface area contributed by atoms with Crippen molar-refractivity contribution < 1.29 is 27.2 Å². The molecular formula is C17H18O6S. The number of ether oxygens (including phenoxy) is 3. The van der Waals surface area contributed by atoms with Crippen molar-refractivity contribution in [3.05, 3.63) is 47.5 Å². The lowest BCUT2D eigenvalue weighted by molar-refractivity contribution is 0.0868. The van der Waals surface area contributed by atoms with Gasteiger partial charge in [0.1, 0.15) is 12.7 Å². The maximum atomic E-state index is 11.6. The number of hydrogen-bond acceptors (Lipinski definition) is 5. The molecule has 0 radical (unpaired) electrons. The zero-order valence-corrected chi connectivity index (χ0v) is 14.2. The van der Waals surface area contributed by atoms with Crippen molar-refractivity contribution in [2.24, 2.45) is 0 Å². The van der Waals surface area contributed by atoms with Crippen LogP contribution in [0, 0.1) is 6.92 Å². The first-order chi connectivity index (χ1) is 11.4. The molecule has 2 aromatic carbocycles. The van der Waals surface area contributed by atoms with Gasteiger partial charge in [-0.15, -0.1) is 0 Å². The monoisotopic (exact) mass is 350 g/mol. The molecule has 1 heterocycles. The highest BCUT2D eigenvalue weighted by molar-refractivity contribution is 7.85. The fraction of sp³-hybridized carbons (Fsp3) is 0.294. The Kier molecular flexibility index (Phi) is 4.38. The van der Waals surface area contributed by atoms with Crippen LogP contribution in [-0.4, -0.2) is 32.8 Å². The van der Waals surface area contributed by atoms with E-state index in [1.54, 1.807) is 37.4 Å². The van der Waals surface area contributed by atoms with Crippen LogP contribution in [0.3, 0.4) is 0 Å². The van der Waals surface area contributed by atoms with Gasteiger partial charge in [-0.2, -0.15) is 8.42 Å². The number of aryl methyl sites for hydroxylation is 1. The average molecular weight is 350 g/mol. The summed E-state index contributed by atoms with van der Waals surface area (Å²) in [6, 6.07) is 10.1. The van der Waals surface area contributed by atoms with Crippen molar-refractivity contribution in [1.29, 1.82) is 0 Å². The topological polar surface area (TPSA) is 82.1 Å². The van der Waals surface area contributed by atoms with Crippen LogP contribution in [0.2, 0.25) is 0 Å². The second kappa shape index (κ2) is 6.33. The Morgan fingerprint density at radius 2 is 2.08 bits per heavy atom. The van der Waals surface area contributed by atoms with Crippen LogP contribution < -0.4 is 14.2 Å². The molecule has 1 N–H and O–H groups in total. The quantitative estimate of drug-likeness (QED) is 0.854. The fourth-order valence-electron chi connectivity index (χ4n) is 2.73. The molecule has 3 rings (SSSR count). The van der Waals surface area contributed by atoms with E-state index in [0.717, 1.165) is 5.56 Å². The molecule has 0 fully saturated rings. The Morgan fingerprint density at radius 3 is 2.79 bits per heavy atom. The zero-order chi connectivity index (χ0) is 17.3. The lowest BCUT2D eigenvalue weighted by atomic mass is 10.0. The molecule has 0 aromatic heterocycles. The summed E-state index contributed by atoms with van der Waals surface area (Å²) in [6.45, 7) is 2.13. The summed E-state index contributed by atoms with van der Waals surface area (Å²) in [5, 5.41) is 0. The van der Waals surface area contributed by atoms with Gasteiger partial charge in [-0.25, -0.2) is 0 Å². The molecule has 24 heavy (non-hydrogen) atoms. The predicted molar refractivity (Wildman–Crippen MR) is 87.6 cm³/mol. The fourth-order valence-corrected chi connectivity index (χ4v) is 3.45. The molecule has 0 saturated carbocycles. The molecule has 0 bridgehead atoms. The summed E-state index contributed by atoms with van der Waals surface area (Å²) in [7, 11) is -2.75. The van der Waals surface area contributed by atoms with E-state index >= 15 is 0 Å². The molecular weight excluding hydrogens is 332 g/mol. The standard InChI is InChI=1S/C17H18O6S/c1-11-6-7-16(24(18,19)20)12(8-11)9-13-10-22-15-5-3-4-14(21-2)17(15)23-13/h3-8,13H,9-10H2,1-2H3,(H,18,19,20). The van der Waals surface area contributed by atoms with Gasteiger partial charge in [0.25, 0.3) is 10.1 Å². The van der Waals surface area contributed by atoms with Crippen LogP contribution in [0.4, 0.5) is 0 Å². The summed E-state index contributed by atoms with van der Waals surface area (Å²) in [5.74, 6) is 1.64. The van der Waals surface area contributed by atoms with E-state index in [1.165, 1.54) is 6.07 Å². The summed E-state index contributed by atoms with van der Waals surface area (Å²) >= 11 is 0. The first-order valence-electron chi connectivity index (χ1n) is 7.42. The van der Waals surface area contributed by atoms with Crippen LogP contribution in [-0.2, 0) is 16.5 Å². The normalized spacial score (nSPS) is 16.7. The SMILES string of the molecule is COc1cccc2c1OC(Cc1cc(C)ccc1S(=O)(=O)O)CO2. The Labute approximate surface area is 140 Å². The molecule has 128 valence electrons. The molecule has 0 spiro atoms. The molecule has 7 heteroatoms. The third kappa shape index (κ3) is 3.32. The van der Waals surface area contributed by atoms with Crippen molar-refractivity contribution in [1.82, 2.24) is 0 Å². The molecule has 1 atom stereocenters. The highest BCUT2D eigenvalue weighted by Gasteiger charge is 2.26. The van der Waals surface area contributed by atoms with Gasteiger partial charge in [0.2, 0.25) is 5.75 Å². The number of rotatable bonds is 4. The predicted octanol–water partition coefficient (Wildman–Crippen LogP) is 2.63. The second-order valence-corrected chi connectivity index (χ2v) is 7.02. The van der Waals surface area contributed by atoms with Gasteiger partial charge in [0, 0.05) is 6.42 Å². The molecule has 1 aliphatic rings. The first-order valence-corrected chi connectivity index (χ1v) is 8.86. The van der Waals surface area contributed by atoms with Gasteiger partial charge in [0.15, 0.2) is 11.5 Å². The van der Waals surface area contributed by atoms with Gasteiger partial charge >= 0.3 is 0 Å². The van der Waals surface area contributed by atoms with Crippen LogP contribution in [0.5, 0.6) is 17.2 Å². The van der Waals surface area contributed by atoms with Gasteiger partial charge in [-0.1, -0.05) is 23.8 Å². The lowest BCUT2D eigenvalue weighted by Gasteiger charge is -2.28. The van der Waals surface area contributed by atoms with Crippen LogP contribution in [0.1, 0.15) is 11.1 Å². The molecule has 0 aliphatic carbocycles. The van der Waals surface area contributed by atoms with Gasteiger partial charge < -0.3 is 14.2 Å². The van der Waals surface area contributed by atoms with Crippen molar-refractivity contribution in [3.8, 4) is 17.2 Å². The Balaban J connectivity index is 1.90. The van der Waals surface area contributed by atoms with E-state index in [2.05, 4.69) is 0 Å². The maximum absolute atomic E-state index is 11.6. The summed E-state index contributed by atoms with van der Waals surface area (Å²) < 4.78 is 49.4. The van der Waals surface area contributed by atoms with E-state index in [4.69, 9.17) is 14.2 Å². The minimum Gasteiger partial charge on any atom is -0.493 e. The third-order valence-corrected chi connectivity index (χ3v) is 4.77. The van der Waals surface area contributed by atoms with Crippen LogP contribution in [0.15, 0.2) is 41.3 Å². The van der Waals surface area contributed by atoms with Crippen molar-refractivity contribution in [2.75, 3.05) is 13.7 Å². The maximum Gasteiger partial charge on any atom is 0.294 e. The highest BCUT2D eigenvalue weighted by atomic mass is 32.2. The number of hydrogen-bond donors (Lipinski definition) is 1. The van der Waals surface area contributed by atoms with Crippen molar-refractivity contribution in [3.63, 3.8) is 0 Å². The van der Waals surface area contributed by atoms with Crippen molar-refractivity contribution >= 4 is 10.1 Å². The Bertz CT molecular complexity index is 845. The number of methoxy groups -OCH3 is 1. The Morgan fingerprint density at radius 1 is 1.29 bits per heavy atom.